The van der Waals surface area contributed by atoms with Gasteiger partial charge in [0.25, 0.3) is 0 Å². The lowest BCUT2D eigenvalue weighted by atomic mass is 9.96. The predicted molar refractivity (Wildman–Crippen MR) is 133 cm³/mol. The highest BCUT2D eigenvalue weighted by atomic mass is 19.4. The number of benzene rings is 1. The van der Waals surface area contributed by atoms with Crippen molar-refractivity contribution in [3.05, 3.63) is 71.7 Å². The lowest BCUT2D eigenvalue weighted by Gasteiger charge is -2.35. The summed E-state index contributed by atoms with van der Waals surface area (Å²) in [5.41, 5.74) is 8.06. The molecule has 0 aliphatic carbocycles. The van der Waals surface area contributed by atoms with Crippen LogP contribution >= 0.6 is 0 Å². The molecule has 2 aromatic heterocycles. The van der Waals surface area contributed by atoms with E-state index in [4.69, 9.17) is 5.73 Å². The number of amidine groups is 1. The van der Waals surface area contributed by atoms with Gasteiger partial charge in [0.05, 0.1) is 17.4 Å². The van der Waals surface area contributed by atoms with E-state index in [-0.39, 0.29) is 17.8 Å². The molecule has 0 atom stereocenters. The summed E-state index contributed by atoms with van der Waals surface area (Å²) in [4.78, 5) is 17.4. The van der Waals surface area contributed by atoms with Crippen LogP contribution in [0.25, 0.3) is 11.1 Å². The highest BCUT2D eigenvalue weighted by molar-refractivity contribution is 5.85. The predicted octanol–water partition coefficient (Wildman–Crippen LogP) is 4.84. The van der Waals surface area contributed by atoms with Crippen molar-refractivity contribution in [3.63, 3.8) is 0 Å². The first-order valence-electron chi connectivity index (χ1n) is 11.6. The zero-order valence-electron chi connectivity index (χ0n) is 19.9. The summed E-state index contributed by atoms with van der Waals surface area (Å²) in [7, 11) is 0. The van der Waals surface area contributed by atoms with Crippen LogP contribution in [-0.2, 0) is 12.6 Å². The smallest absolute Gasteiger partial charge is 0.387 e. The number of anilines is 1. The lowest BCUT2D eigenvalue weighted by Crippen LogP contribution is -2.46. The van der Waals surface area contributed by atoms with E-state index in [9.17, 15) is 13.2 Å². The maximum Gasteiger partial charge on any atom is 0.417 e. The monoisotopic (exact) mass is 482 g/mol. The molecule has 6 nitrogen and oxygen atoms in total. The number of rotatable bonds is 6. The normalized spacial score (nSPS) is 15.5. The van der Waals surface area contributed by atoms with E-state index in [0.29, 0.717) is 22.6 Å². The van der Waals surface area contributed by atoms with Gasteiger partial charge < -0.3 is 15.5 Å². The van der Waals surface area contributed by atoms with E-state index in [1.165, 1.54) is 12.3 Å². The number of nitrogens with two attached hydrogens (primary N) is 1. The van der Waals surface area contributed by atoms with Gasteiger partial charge in [0, 0.05) is 44.5 Å². The van der Waals surface area contributed by atoms with Crippen LogP contribution in [0.1, 0.15) is 23.7 Å². The Balaban J connectivity index is 1.49. The second-order valence-corrected chi connectivity index (χ2v) is 8.64. The summed E-state index contributed by atoms with van der Waals surface area (Å²) in [5.74, 6) is 0.626. The quantitative estimate of drug-likeness (QED) is 0.402. The molecule has 0 bridgehead atoms. The maximum absolute atomic E-state index is 13.8. The van der Waals surface area contributed by atoms with Gasteiger partial charge in [0.2, 0.25) is 0 Å². The van der Waals surface area contributed by atoms with Crippen molar-refractivity contribution in [1.82, 2.24) is 14.9 Å². The second-order valence-electron chi connectivity index (χ2n) is 8.64. The van der Waals surface area contributed by atoms with Crippen molar-refractivity contribution in [2.75, 3.05) is 37.6 Å². The number of aliphatic imine (C=N–C) groups is 1. The Kier molecular flexibility index (Phi) is 7.35. The fourth-order valence-corrected chi connectivity index (χ4v) is 4.25. The molecule has 1 saturated heterocycles. The number of aromatic nitrogens is 2. The van der Waals surface area contributed by atoms with Gasteiger partial charge in [0.15, 0.2) is 5.82 Å². The first-order chi connectivity index (χ1) is 16.7. The van der Waals surface area contributed by atoms with Gasteiger partial charge in [-0.1, -0.05) is 19.1 Å². The number of hydrogen-bond acceptors (Lipinski definition) is 5. The minimum Gasteiger partial charge on any atom is -0.387 e. The number of hydrogen-bond donors (Lipinski definition) is 1. The SMILES string of the molecule is CCN1CCN(c2ccc(N=C(N)Cc3ccc(-c4ccnc(C)c4)c(C(F)(F)F)c3)nc2)CC1. The molecular weight excluding hydrogens is 453 g/mol. The van der Waals surface area contributed by atoms with Gasteiger partial charge in [-0.2, -0.15) is 13.2 Å². The molecule has 1 aromatic carbocycles. The molecule has 0 saturated carbocycles. The zero-order chi connectivity index (χ0) is 25.0. The van der Waals surface area contributed by atoms with E-state index < -0.39 is 11.7 Å². The van der Waals surface area contributed by atoms with E-state index in [1.54, 1.807) is 37.4 Å². The first-order valence-corrected chi connectivity index (χ1v) is 11.6. The standard InChI is InChI=1S/C26H29F3N6/c1-3-34-10-12-35(13-11-34)21-5-7-25(32-17-21)33-24(30)16-19-4-6-22(23(15-19)26(27,28)29)20-8-9-31-18(2)14-20/h4-9,14-15,17H,3,10-13,16H2,1-2H3,(H2,30,32,33). The summed E-state index contributed by atoms with van der Waals surface area (Å²) < 4.78 is 41.5. The molecule has 3 aromatic rings. The topological polar surface area (TPSA) is 70.6 Å². The fourth-order valence-electron chi connectivity index (χ4n) is 4.25. The number of nitrogens with zero attached hydrogens (tertiary/aromatic N) is 5. The number of alkyl halides is 3. The molecule has 0 spiro atoms. The fraction of sp³-hybridized carbons (Fsp3) is 0.346. The average Bonchev–Trinajstić information content (AvgIpc) is 2.84. The highest BCUT2D eigenvalue weighted by Crippen LogP contribution is 2.38. The summed E-state index contributed by atoms with van der Waals surface area (Å²) in [6.07, 6.45) is -1.15. The Morgan fingerprint density at radius 3 is 2.43 bits per heavy atom. The molecule has 2 N–H and O–H groups in total. The first kappa shape index (κ1) is 24.7. The molecule has 1 fully saturated rings. The highest BCUT2D eigenvalue weighted by Gasteiger charge is 2.34. The van der Waals surface area contributed by atoms with Crippen molar-refractivity contribution < 1.29 is 13.2 Å². The number of piperazine rings is 1. The van der Waals surface area contributed by atoms with Crippen LogP contribution in [-0.4, -0.2) is 53.4 Å². The molecule has 0 radical (unpaired) electrons. The van der Waals surface area contributed by atoms with Crippen LogP contribution in [0.5, 0.6) is 0 Å². The molecule has 1 aliphatic heterocycles. The van der Waals surface area contributed by atoms with Gasteiger partial charge in [-0.05, 0) is 60.5 Å². The third-order valence-electron chi connectivity index (χ3n) is 6.16. The Bertz CT molecular complexity index is 1180. The minimum atomic E-state index is -4.51. The summed E-state index contributed by atoms with van der Waals surface area (Å²) >= 11 is 0. The van der Waals surface area contributed by atoms with Gasteiger partial charge in [-0.25, -0.2) is 9.98 Å². The van der Waals surface area contributed by atoms with E-state index >= 15 is 0 Å². The molecule has 3 heterocycles. The molecule has 35 heavy (non-hydrogen) atoms. The van der Waals surface area contributed by atoms with Crippen molar-refractivity contribution in [2.45, 2.75) is 26.4 Å². The third-order valence-corrected chi connectivity index (χ3v) is 6.16. The number of pyridine rings is 2. The van der Waals surface area contributed by atoms with Crippen LogP contribution in [0.15, 0.2) is 59.9 Å². The molecule has 9 heteroatoms. The molecule has 1 aliphatic rings. The molecule has 0 unspecified atom stereocenters. The number of likely N-dealkylation sites (N-methyl/N-ethyl adjacent to an activating group) is 1. The summed E-state index contributed by atoms with van der Waals surface area (Å²) in [5, 5.41) is 0. The Morgan fingerprint density at radius 1 is 1.03 bits per heavy atom. The van der Waals surface area contributed by atoms with E-state index in [2.05, 4.69) is 31.7 Å². The van der Waals surface area contributed by atoms with Crippen LogP contribution < -0.4 is 10.6 Å². The Hall–Kier alpha value is -3.46. The average molecular weight is 483 g/mol. The lowest BCUT2D eigenvalue weighted by molar-refractivity contribution is -0.137. The molecule has 0 amide bonds. The Morgan fingerprint density at radius 2 is 1.80 bits per heavy atom. The van der Waals surface area contributed by atoms with E-state index in [0.717, 1.165) is 44.5 Å². The van der Waals surface area contributed by atoms with Crippen molar-refractivity contribution in [1.29, 1.82) is 0 Å². The molecular formula is C26H29F3N6. The summed E-state index contributed by atoms with van der Waals surface area (Å²) in [6.45, 7) is 8.87. The largest absolute Gasteiger partial charge is 0.417 e. The van der Waals surface area contributed by atoms with Gasteiger partial charge in [-0.3, -0.25) is 4.98 Å². The Labute approximate surface area is 203 Å². The number of aryl methyl sites for hydroxylation is 1. The van der Waals surface area contributed by atoms with Crippen molar-refractivity contribution in [2.24, 2.45) is 10.7 Å². The van der Waals surface area contributed by atoms with Crippen LogP contribution in [0.4, 0.5) is 24.7 Å². The van der Waals surface area contributed by atoms with Crippen molar-refractivity contribution in [3.8, 4) is 11.1 Å². The van der Waals surface area contributed by atoms with Crippen molar-refractivity contribution >= 4 is 17.3 Å². The van der Waals surface area contributed by atoms with Gasteiger partial charge >= 0.3 is 6.18 Å². The van der Waals surface area contributed by atoms with E-state index in [1.807, 2.05) is 6.07 Å². The second kappa shape index (κ2) is 10.4. The summed E-state index contributed by atoms with van der Waals surface area (Å²) in [6, 6.07) is 11.2. The van der Waals surface area contributed by atoms with Crippen LogP contribution in [0, 0.1) is 6.92 Å². The zero-order valence-corrected chi connectivity index (χ0v) is 19.9. The minimum absolute atomic E-state index is 0.0845. The van der Waals surface area contributed by atoms with Gasteiger partial charge in [-0.15, -0.1) is 0 Å². The maximum atomic E-state index is 13.8. The third kappa shape index (κ3) is 6.16. The van der Waals surface area contributed by atoms with Crippen LogP contribution in [0.2, 0.25) is 0 Å². The molecule has 184 valence electrons. The number of halogens is 3. The molecule has 4 rings (SSSR count). The van der Waals surface area contributed by atoms with Crippen LogP contribution in [0.3, 0.4) is 0 Å². The van der Waals surface area contributed by atoms with Gasteiger partial charge in [0.1, 0.15) is 5.84 Å².